The molecule has 124 valence electrons. The van der Waals surface area contributed by atoms with Crippen LogP contribution in [0.3, 0.4) is 0 Å². The summed E-state index contributed by atoms with van der Waals surface area (Å²) in [5, 5.41) is 14.1. The van der Waals surface area contributed by atoms with E-state index in [1.54, 1.807) is 22.0 Å². The summed E-state index contributed by atoms with van der Waals surface area (Å²) in [5.41, 5.74) is 0.132. The molecule has 7 heteroatoms. The Morgan fingerprint density at radius 2 is 2.27 bits per heavy atom. The van der Waals surface area contributed by atoms with Crippen molar-refractivity contribution < 1.29 is 19.4 Å². The van der Waals surface area contributed by atoms with Crippen molar-refractivity contribution in [3.05, 3.63) is 18.0 Å². The number of hydrogen-bond acceptors (Lipinski definition) is 5. The van der Waals surface area contributed by atoms with E-state index in [1.165, 1.54) is 0 Å². The van der Waals surface area contributed by atoms with Crippen molar-refractivity contribution in [1.82, 2.24) is 14.7 Å². The van der Waals surface area contributed by atoms with Crippen LogP contribution in [-0.2, 0) is 9.47 Å². The first-order chi connectivity index (χ1) is 10.3. The maximum Gasteiger partial charge on any atom is 0.410 e. The number of carbonyl (C=O) groups is 1. The number of aromatic nitrogens is 2. The Morgan fingerprint density at radius 1 is 1.55 bits per heavy atom. The predicted molar refractivity (Wildman–Crippen MR) is 80.3 cm³/mol. The lowest BCUT2D eigenvalue weighted by molar-refractivity contribution is -0.0980. The smallest absolute Gasteiger partial charge is 0.410 e. The van der Waals surface area contributed by atoms with Gasteiger partial charge in [-0.3, -0.25) is 4.68 Å². The van der Waals surface area contributed by atoms with Crippen LogP contribution >= 0.6 is 0 Å². The molecular weight excluding hydrogens is 286 g/mol. The number of aliphatic hydroxyl groups is 1. The predicted octanol–water partition coefficient (Wildman–Crippen LogP) is 2.09. The van der Waals surface area contributed by atoms with E-state index in [0.29, 0.717) is 25.3 Å². The van der Waals surface area contributed by atoms with E-state index in [0.717, 1.165) is 6.42 Å². The Hall–Kier alpha value is -1.60. The second-order valence-electron chi connectivity index (χ2n) is 6.43. The molecular formula is C15H25N3O4. The van der Waals surface area contributed by atoms with Crippen molar-refractivity contribution in [3.63, 3.8) is 0 Å². The van der Waals surface area contributed by atoms with E-state index in [9.17, 15) is 9.90 Å². The Labute approximate surface area is 130 Å². The van der Waals surface area contributed by atoms with Crippen molar-refractivity contribution in [1.29, 1.82) is 0 Å². The van der Waals surface area contributed by atoms with E-state index >= 15 is 0 Å². The summed E-state index contributed by atoms with van der Waals surface area (Å²) in [5.74, 6) is 0. The molecule has 1 amide bonds. The van der Waals surface area contributed by atoms with Gasteiger partial charge in [-0.25, -0.2) is 4.79 Å². The zero-order valence-electron chi connectivity index (χ0n) is 13.7. The molecule has 2 heterocycles. The molecule has 1 aliphatic rings. The number of rotatable bonds is 4. The zero-order valence-corrected chi connectivity index (χ0v) is 13.7. The molecule has 2 rings (SSSR count). The van der Waals surface area contributed by atoms with Gasteiger partial charge in [-0.2, -0.15) is 5.10 Å². The largest absolute Gasteiger partial charge is 0.444 e. The number of hydrogen-bond donors (Lipinski definition) is 1. The fourth-order valence-electron chi connectivity index (χ4n) is 2.38. The van der Waals surface area contributed by atoms with Crippen molar-refractivity contribution in [3.8, 4) is 0 Å². The summed E-state index contributed by atoms with van der Waals surface area (Å²) in [7, 11) is 0. The summed E-state index contributed by atoms with van der Waals surface area (Å²) in [6.07, 6.45) is 2.92. The normalized spacial score (nSPS) is 20.2. The van der Waals surface area contributed by atoms with Crippen molar-refractivity contribution in [2.24, 2.45) is 0 Å². The molecule has 1 aromatic rings. The fraction of sp³-hybridized carbons (Fsp3) is 0.733. The highest BCUT2D eigenvalue weighted by Gasteiger charge is 2.31. The van der Waals surface area contributed by atoms with Gasteiger partial charge in [-0.1, -0.05) is 0 Å². The Bertz CT molecular complexity index is 509. The molecule has 0 aromatic carbocycles. The first-order valence-corrected chi connectivity index (χ1v) is 7.62. The maximum absolute atomic E-state index is 12.1. The van der Waals surface area contributed by atoms with Gasteiger partial charge in [0.15, 0.2) is 6.29 Å². The number of nitrogens with zero attached hydrogens (tertiary/aromatic N) is 3. The Balaban J connectivity index is 1.94. The number of amides is 1. The van der Waals surface area contributed by atoms with Gasteiger partial charge in [0.05, 0.1) is 12.2 Å². The summed E-state index contributed by atoms with van der Waals surface area (Å²) < 4.78 is 12.3. The summed E-state index contributed by atoms with van der Waals surface area (Å²) in [6.45, 7) is 9.02. The number of carbonyl (C=O) groups excluding carboxylic acids is 1. The minimum Gasteiger partial charge on any atom is -0.444 e. The molecule has 2 unspecified atom stereocenters. The van der Waals surface area contributed by atoms with Gasteiger partial charge in [0, 0.05) is 31.5 Å². The average molecular weight is 311 g/mol. The zero-order chi connectivity index (χ0) is 16.3. The molecule has 22 heavy (non-hydrogen) atoms. The molecule has 1 fully saturated rings. The fourth-order valence-corrected chi connectivity index (χ4v) is 2.38. The summed E-state index contributed by atoms with van der Waals surface area (Å²) >= 11 is 0. The Kier molecular flexibility index (Phi) is 5.08. The van der Waals surface area contributed by atoms with Crippen LogP contribution in [0.2, 0.25) is 0 Å². The molecule has 0 bridgehead atoms. The van der Waals surface area contributed by atoms with Crippen LogP contribution in [0.5, 0.6) is 0 Å². The highest BCUT2D eigenvalue weighted by atomic mass is 16.6. The average Bonchev–Trinajstić information content (AvgIpc) is 3.06. The standard InChI is InChI=1S/C15H25N3O4/c1-5-21-13(19)11-8-16-18(9-11)12-6-7-17(10-12)14(20)22-15(2,3)4/h8-9,12-13,19H,5-7,10H2,1-4H3. The summed E-state index contributed by atoms with van der Waals surface area (Å²) in [4.78, 5) is 13.7. The topological polar surface area (TPSA) is 76.8 Å². The molecule has 0 saturated carbocycles. The van der Waals surface area contributed by atoms with E-state index in [-0.39, 0.29) is 12.1 Å². The third kappa shape index (κ3) is 4.20. The van der Waals surface area contributed by atoms with E-state index in [1.807, 2.05) is 27.7 Å². The highest BCUT2D eigenvalue weighted by molar-refractivity contribution is 5.68. The molecule has 0 spiro atoms. The van der Waals surface area contributed by atoms with E-state index in [2.05, 4.69) is 5.10 Å². The van der Waals surface area contributed by atoms with Gasteiger partial charge in [-0.05, 0) is 34.1 Å². The second-order valence-corrected chi connectivity index (χ2v) is 6.43. The molecule has 1 N–H and O–H groups in total. The molecule has 2 atom stereocenters. The molecule has 1 aliphatic heterocycles. The first-order valence-electron chi connectivity index (χ1n) is 7.62. The van der Waals surface area contributed by atoms with Crippen LogP contribution in [-0.4, -0.2) is 51.2 Å². The molecule has 1 saturated heterocycles. The van der Waals surface area contributed by atoms with E-state index in [4.69, 9.17) is 9.47 Å². The highest BCUT2D eigenvalue weighted by Crippen LogP contribution is 2.24. The molecule has 1 aromatic heterocycles. The van der Waals surface area contributed by atoms with Crippen LogP contribution < -0.4 is 0 Å². The Morgan fingerprint density at radius 3 is 2.91 bits per heavy atom. The van der Waals surface area contributed by atoms with Gasteiger partial charge in [0.25, 0.3) is 0 Å². The van der Waals surface area contributed by atoms with Crippen molar-refractivity contribution in [2.45, 2.75) is 52.0 Å². The molecule has 0 radical (unpaired) electrons. The van der Waals surface area contributed by atoms with Gasteiger partial charge in [0.2, 0.25) is 0 Å². The van der Waals surface area contributed by atoms with Crippen LogP contribution in [0, 0.1) is 0 Å². The van der Waals surface area contributed by atoms with Crippen LogP contribution in [0.15, 0.2) is 12.4 Å². The maximum atomic E-state index is 12.1. The first kappa shape index (κ1) is 16.8. The molecule has 0 aliphatic carbocycles. The lowest BCUT2D eigenvalue weighted by atomic mass is 10.2. The van der Waals surface area contributed by atoms with Crippen molar-refractivity contribution in [2.75, 3.05) is 19.7 Å². The van der Waals surface area contributed by atoms with Gasteiger partial charge in [0.1, 0.15) is 5.60 Å². The van der Waals surface area contributed by atoms with Gasteiger partial charge in [-0.15, -0.1) is 0 Å². The second kappa shape index (κ2) is 6.66. The quantitative estimate of drug-likeness (QED) is 0.862. The SMILES string of the molecule is CCOC(O)c1cnn(C2CCN(C(=O)OC(C)(C)C)C2)c1. The third-order valence-corrected chi connectivity index (χ3v) is 3.42. The minimum atomic E-state index is -0.956. The lowest BCUT2D eigenvalue weighted by Crippen LogP contribution is -2.35. The minimum absolute atomic E-state index is 0.0927. The van der Waals surface area contributed by atoms with Crippen LogP contribution in [0.25, 0.3) is 0 Å². The van der Waals surface area contributed by atoms with Gasteiger partial charge < -0.3 is 19.5 Å². The van der Waals surface area contributed by atoms with Crippen LogP contribution in [0.1, 0.15) is 52.0 Å². The number of ether oxygens (including phenoxy) is 2. The van der Waals surface area contributed by atoms with Gasteiger partial charge >= 0.3 is 6.09 Å². The molecule has 7 nitrogen and oxygen atoms in total. The van der Waals surface area contributed by atoms with Crippen molar-refractivity contribution >= 4 is 6.09 Å². The van der Waals surface area contributed by atoms with Crippen LogP contribution in [0.4, 0.5) is 4.79 Å². The monoisotopic (exact) mass is 311 g/mol. The number of likely N-dealkylation sites (tertiary alicyclic amines) is 1. The number of aliphatic hydroxyl groups excluding tert-OH is 1. The third-order valence-electron chi connectivity index (χ3n) is 3.42. The summed E-state index contributed by atoms with van der Waals surface area (Å²) in [6, 6.07) is 0.0927. The van der Waals surface area contributed by atoms with E-state index < -0.39 is 11.9 Å². The lowest BCUT2D eigenvalue weighted by Gasteiger charge is -2.24.